The van der Waals surface area contributed by atoms with Crippen molar-refractivity contribution in [1.82, 2.24) is 14.9 Å². The quantitative estimate of drug-likeness (QED) is 0.569. The van der Waals surface area contributed by atoms with E-state index in [1.54, 1.807) is 40.0 Å². The first-order chi connectivity index (χ1) is 12.9. The number of hydrogen-bond acceptors (Lipinski definition) is 5. The zero-order valence-corrected chi connectivity index (χ0v) is 16.2. The monoisotopic (exact) mass is 371 g/mol. The molecule has 2 heterocycles. The van der Waals surface area contributed by atoms with Crippen molar-refractivity contribution in [2.75, 3.05) is 13.2 Å². The lowest BCUT2D eigenvalue weighted by Gasteiger charge is -2.21. The molecule has 2 rings (SSSR count). The van der Waals surface area contributed by atoms with E-state index >= 15 is 0 Å². The highest BCUT2D eigenvalue weighted by Gasteiger charge is 2.25. The number of ketones is 1. The summed E-state index contributed by atoms with van der Waals surface area (Å²) in [5.41, 5.74) is 2.53. The third kappa shape index (κ3) is 4.81. The number of pyridine rings is 1. The fraction of sp³-hybridized carbons (Fsp3) is 0.400. The minimum atomic E-state index is -0.493. The Kier molecular flexibility index (Phi) is 6.87. The molecule has 0 bridgehead atoms. The second-order valence-corrected chi connectivity index (χ2v) is 6.19. The highest BCUT2D eigenvalue weighted by Crippen LogP contribution is 2.20. The lowest BCUT2D eigenvalue weighted by Crippen LogP contribution is -2.35. The molecule has 2 aromatic heterocycles. The number of amides is 1. The maximum atomic E-state index is 12.9. The Morgan fingerprint density at radius 1 is 1.19 bits per heavy atom. The second kappa shape index (κ2) is 9.12. The van der Waals surface area contributed by atoms with Crippen LogP contribution in [0, 0.1) is 13.8 Å². The van der Waals surface area contributed by atoms with E-state index in [4.69, 9.17) is 4.74 Å². The molecular formula is C20H25N3O4. The van der Waals surface area contributed by atoms with Crippen LogP contribution >= 0.6 is 0 Å². The van der Waals surface area contributed by atoms with Crippen LogP contribution in [-0.2, 0) is 16.1 Å². The number of aryl methyl sites for hydroxylation is 1. The van der Waals surface area contributed by atoms with E-state index in [9.17, 15) is 14.4 Å². The van der Waals surface area contributed by atoms with E-state index in [0.717, 1.165) is 0 Å². The molecule has 0 fully saturated rings. The molecule has 0 aliphatic rings. The van der Waals surface area contributed by atoms with Crippen LogP contribution in [0.25, 0.3) is 0 Å². The maximum Gasteiger partial charge on any atom is 0.355 e. The normalized spacial score (nSPS) is 10.5. The van der Waals surface area contributed by atoms with Gasteiger partial charge in [-0.1, -0.05) is 13.0 Å². The minimum absolute atomic E-state index is 0.0783. The molecule has 0 aromatic carbocycles. The molecule has 0 unspecified atom stereocenters. The molecule has 1 amide bonds. The molecule has 144 valence electrons. The number of aromatic nitrogens is 2. The fourth-order valence-electron chi connectivity index (χ4n) is 2.97. The average molecular weight is 371 g/mol. The lowest BCUT2D eigenvalue weighted by molar-refractivity contribution is -0.131. The largest absolute Gasteiger partial charge is 0.461 e. The molecule has 0 aliphatic carbocycles. The van der Waals surface area contributed by atoms with Gasteiger partial charge in [-0.15, -0.1) is 0 Å². The molecule has 0 aliphatic heterocycles. The Labute approximate surface area is 158 Å². The van der Waals surface area contributed by atoms with Gasteiger partial charge < -0.3 is 14.6 Å². The molecule has 7 heteroatoms. The van der Waals surface area contributed by atoms with Gasteiger partial charge in [0.15, 0.2) is 5.78 Å². The Morgan fingerprint density at radius 2 is 1.93 bits per heavy atom. The second-order valence-electron chi connectivity index (χ2n) is 6.19. The van der Waals surface area contributed by atoms with Crippen LogP contribution in [-0.4, -0.2) is 45.7 Å². The van der Waals surface area contributed by atoms with Crippen molar-refractivity contribution in [3.05, 3.63) is 52.6 Å². The van der Waals surface area contributed by atoms with Crippen LogP contribution < -0.4 is 0 Å². The van der Waals surface area contributed by atoms with Gasteiger partial charge in [0, 0.05) is 23.9 Å². The zero-order chi connectivity index (χ0) is 20.0. The van der Waals surface area contributed by atoms with Crippen molar-refractivity contribution >= 4 is 17.7 Å². The molecule has 7 nitrogen and oxygen atoms in total. The Morgan fingerprint density at radius 3 is 2.52 bits per heavy atom. The predicted molar refractivity (Wildman–Crippen MR) is 100 cm³/mol. The van der Waals surface area contributed by atoms with Crippen LogP contribution in [0.1, 0.15) is 58.1 Å². The molecule has 0 atom stereocenters. The minimum Gasteiger partial charge on any atom is -0.461 e. The van der Waals surface area contributed by atoms with Gasteiger partial charge >= 0.3 is 5.97 Å². The number of nitrogens with one attached hydrogen (secondary N) is 1. The number of rotatable bonds is 8. The molecule has 1 N–H and O–H groups in total. The van der Waals surface area contributed by atoms with Gasteiger partial charge in [0.05, 0.1) is 25.4 Å². The Hall–Kier alpha value is -2.96. The first-order valence-electron chi connectivity index (χ1n) is 8.96. The molecule has 0 saturated heterocycles. The van der Waals surface area contributed by atoms with Crippen molar-refractivity contribution < 1.29 is 19.1 Å². The summed E-state index contributed by atoms with van der Waals surface area (Å²) in [6.45, 7) is 7.34. The number of aromatic amines is 1. The predicted octanol–water partition coefficient (Wildman–Crippen LogP) is 2.82. The van der Waals surface area contributed by atoms with E-state index in [0.29, 0.717) is 28.9 Å². The molecule has 27 heavy (non-hydrogen) atoms. The number of Topliss-reactive ketones (excluding diaryl/α,β-unsaturated/α-hetero) is 1. The van der Waals surface area contributed by atoms with Crippen LogP contribution in [0.2, 0.25) is 0 Å². The van der Waals surface area contributed by atoms with E-state index in [2.05, 4.69) is 9.97 Å². The molecule has 0 spiro atoms. The number of esters is 1. The summed E-state index contributed by atoms with van der Waals surface area (Å²) in [4.78, 5) is 45.9. The topological polar surface area (TPSA) is 92.4 Å². The summed E-state index contributed by atoms with van der Waals surface area (Å²) < 4.78 is 5.02. The summed E-state index contributed by atoms with van der Waals surface area (Å²) >= 11 is 0. The van der Waals surface area contributed by atoms with Gasteiger partial charge in [0.2, 0.25) is 5.91 Å². The van der Waals surface area contributed by atoms with Gasteiger partial charge in [-0.3, -0.25) is 14.6 Å². The van der Waals surface area contributed by atoms with Gasteiger partial charge in [0.25, 0.3) is 0 Å². The zero-order valence-electron chi connectivity index (χ0n) is 16.2. The number of carbonyl (C=O) groups excluding carboxylic acids is 3. The van der Waals surface area contributed by atoms with Gasteiger partial charge in [-0.2, -0.15) is 0 Å². The number of ether oxygens (including phenoxy) is 1. The van der Waals surface area contributed by atoms with E-state index in [1.807, 2.05) is 12.1 Å². The van der Waals surface area contributed by atoms with Crippen molar-refractivity contribution in [1.29, 1.82) is 0 Å². The van der Waals surface area contributed by atoms with E-state index in [1.165, 1.54) is 4.90 Å². The lowest BCUT2D eigenvalue weighted by atomic mass is 10.0. The van der Waals surface area contributed by atoms with E-state index in [-0.39, 0.29) is 37.1 Å². The number of hydrogen-bond donors (Lipinski definition) is 1. The average Bonchev–Trinajstić information content (AvgIpc) is 2.96. The smallest absolute Gasteiger partial charge is 0.355 e. The SMILES string of the molecule is CCOC(=O)c1[nH]c(C)c(C(=O)CN(Cc2ccccn2)C(=O)CC)c1C. The van der Waals surface area contributed by atoms with Gasteiger partial charge in [0.1, 0.15) is 5.69 Å². The number of H-pyrrole nitrogens is 1. The summed E-state index contributed by atoms with van der Waals surface area (Å²) in [7, 11) is 0. The van der Waals surface area contributed by atoms with Crippen LogP contribution in [0.15, 0.2) is 24.4 Å². The van der Waals surface area contributed by atoms with Crippen LogP contribution in [0.4, 0.5) is 0 Å². The van der Waals surface area contributed by atoms with Gasteiger partial charge in [-0.25, -0.2) is 4.79 Å². The van der Waals surface area contributed by atoms with Crippen LogP contribution in [0.5, 0.6) is 0 Å². The third-order valence-electron chi connectivity index (χ3n) is 4.26. The molecule has 2 aromatic rings. The van der Waals surface area contributed by atoms with Crippen molar-refractivity contribution in [2.45, 2.75) is 40.7 Å². The number of carbonyl (C=O) groups is 3. The highest BCUT2D eigenvalue weighted by molar-refractivity contribution is 6.04. The number of nitrogens with zero attached hydrogens (tertiary/aromatic N) is 2. The van der Waals surface area contributed by atoms with Crippen molar-refractivity contribution in [3.63, 3.8) is 0 Å². The van der Waals surface area contributed by atoms with Crippen molar-refractivity contribution in [2.24, 2.45) is 0 Å². The standard InChI is InChI=1S/C20H25N3O4/c1-5-17(25)23(11-15-9-7-8-10-21-15)12-16(24)18-13(3)19(22-14(18)4)20(26)27-6-2/h7-10,22H,5-6,11-12H2,1-4H3. The summed E-state index contributed by atoms with van der Waals surface area (Å²) in [5, 5.41) is 0. The molecular weight excluding hydrogens is 346 g/mol. The Balaban J connectivity index is 2.25. The summed E-state index contributed by atoms with van der Waals surface area (Å²) in [5.74, 6) is -0.855. The molecule has 0 radical (unpaired) electrons. The van der Waals surface area contributed by atoms with Crippen LogP contribution in [0.3, 0.4) is 0 Å². The third-order valence-corrected chi connectivity index (χ3v) is 4.26. The Bertz CT molecular complexity index is 827. The van der Waals surface area contributed by atoms with Crippen molar-refractivity contribution in [3.8, 4) is 0 Å². The summed E-state index contributed by atoms with van der Waals surface area (Å²) in [6, 6.07) is 5.45. The van der Waals surface area contributed by atoms with Gasteiger partial charge in [-0.05, 0) is 38.5 Å². The first-order valence-corrected chi connectivity index (χ1v) is 8.96. The molecule has 0 saturated carbocycles. The highest BCUT2D eigenvalue weighted by atomic mass is 16.5. The maximum absolute atomic E-state index is 12.9. The fourth-order valence-corrected chi connectivity index (χ4v) is 2.97. The summed E-state index contributed by atoms with van der Waals surface area (Å²) in [6.07, 6.45) is 1.94. The first kappa shape index (κ1) is 20.4. The van der Waals surface area contributed by atoms with E-state index < -0.39 is 5.97 Å².